The molecule has 0 saturated carbocycles. The number of alkyl halides is 6. The van der Waals surface area contributed by atoms with Crippen LogP contribution in [0.2, 0.25) is 0 Å². The van der Waals surface area contributed by atoms with Crippen LogP contribution in [0.5, 0.6) is 0 Å². The van der Waals surface area contributed by atoms with E-state index in [4.69, 9.17) is 0 Å². The summed E-state index contributed by atoms with van der Waals surface area (Å²) in [4.78, 5) is 4.16. The molecular weight excluding hydrogens is 348 g/mol. The first-order valence-corrected chi connectivity index (χ1v) is 7.87. The summed E-state index contributed by atoms with van der Waals surface area (Å²) >= 11 is 0. The summed E-state index contributed by atoms with van der Waals surface area (Å²) in [6, 6.07) is 4.85. The van der Waals surface area contributed by atoms with Crippen LogP contribution in [0.3, 0.4) is 0 Å². The van der Waals surface area contributed by atoms with E-state index in [9.17, 15) is 26.3 Å². The Hall–Kier alpha value is -1.93. The fraction of sp³-hybridized carbons (Fsp3) is 0.562. The standard InChI is InChI=1S/C16H21F6N3/c1-2-23-14(24-9-4-3-8-15(17,18)19)25-11-12-6-5-7-13(10-12)16(20,21)22/h5-7,10H,2-4,8-9,11H2,1H3,(H2,23,24,25). The molecule has 0 bridgehead atoms. The predicted octanol–water partition coefficient (Wildman–Crippen LogP) is 4.49. The lowest BCUT2D eigenvalue weighted by molar-refractivity contribution is -0.137. The van der Waals surface area contributed by atoms with Gasteiger partial charge in [0.2, 0.25) is 0 Å². The quantitative estimate of drug-likeness (QED) is 0.322. The van der Waals surface area contributed by atoms with Crippen molar-refractivity contribution in [3.05, 3.63) is 35.4 Å². The monoisotopic (exact) mass is 369 g/mol. The normalized spacial score (nSPS) is 13.0. The van der Waals surface area contributed by atoms with E-state index >= 15 is 0 Å². The van der Waals surface area contributed by atoms with Gasteiger partial charge < -0.3 is 10.6 Å². The molecule has 0 radical (unpaired) electrons. The second kappa shape index (κ2) is 9.53. The lowest BCUT2D eigenvalue weighted by atomic mass is 10.1. The molecule has 0 aromatic heterocycles. The van der Waals surface area contributed by atoms with Crippen molar-refractivity contribution in [1.29, 1.82) is 0 Å². The third-order valence-electron chi connectivity index (χ3n) is 3.20. The number of rotatable bonds is 7. The minimum atomic E-state index is -4.42. The second-order valence-corrected chi connectivity index (χ2v) is 5.39. The first-order valence-electron chi connectivity index (χ1n) is 7.87. The van der Waals surface area contributed by atoms with Gasteiger partial charge in [0.05, 0.1) is 12.1 Å². The molecule has 25 heavy (non-hydrogen) atoms. The van der Waals surface area contributed by atoms with Gasteiger partial charge in [0, 0.05) is 19.5 Å². The Morgan fingerprint density at radius 3 is 2.36 bits per heavy atom. The lowest BCUT2D eigenvalue weighted by Gasteiger charge is -2.12. The average Bonchev–Trinajstić information content (AvgIpc) is 2.50. The van der Waals surface area contributed by atoms with E-state index in [0.717, 1.165) is 12.1 Å². The Balaban J connectivity index is 2.55. The van der Waals surface area contributed by atoms with Crippen molar-refractivity contribution in [2.24, 2.45) is 4.99 Å². The number of unbranched alkanes of at least 4 members (excludes halogenated alkanes) is 1. The molecule has 0 fully saturated rings. The van der Waals surface area contributed by atoms with Gasteiger partial charge in [-0.3, -0.25) is 0 Å². The van der Waals surface area contributed by atoms with Gasteiger partial charge in [-0.05, 0) is 37.5 Å². The van der Waals surface area contributed by atoms with E-state index in [1.807, 2.05) is 6.92 Å². The van der Waals surface area contributed by atoms with E-state index in [0.29, 0.717) is 31.0 Å². The number of hydrogen-bond acceptors (Lipinski definition) is 1. The number of nitrogens with one attached hydrogen (secondary N) is 2. The van der Waals surface area contributed by atoms with E-state index in [-0.39, 0.29) is 13.0 Å². The van der Waals surface area contributed by atoms with Gasteiger partial charge in [-0.25, -0.2) is 4.99 Å². The van der Waals surface area contributed by atoms with E-state index in [1.54, 1.807) is 0 Å². The van der Waals surface area contributed by atoms with Crippen LogP contribution in [0.25, 0.3) is 0 Å². The highest BCUT2D eigenvalue weighted by Gasteiger charge is 2.30. The lowest BCUT2D eigenvalue weighted by Crippen LogP contribution is -2.37. The van der Waals surface area contributed by atoms with Crippen molar-refractivity contribution in [3.8, 4) is 0 Å². The van der Waals surface area contributed by atoms with Crippen LogP contribution in [-0.2, 0) is 12.7 Å². The number of aliphatic imine (C=N–C) groups is 1. The topological polar surface area (TPSA) is 36.4 Å². The summed E-state index contributed by atoms with van der Waals surface area (Å²) < 4.78 is 74.2. The van der Waals surface area contributed by atoms with Crippen molar-refractivity contribution >= 4 is 5.96 Å². The summed E-state index contributed by atoms with van der Waals surface area (Å²) in [6.07, 6.45) is -9.10. The van der Waals surface area contributed by atoms with Gasteiger partial charge in [0.15, 0.2) is 5.96 Å². The van der Waals surface area contributed by atoms with Gasteiger partial charge in [-0.1, -0.05) is 12.1 Å². The van der Waals surface area contributed by atoms with Crippen LogP contribution < -0.4 is 10.6 Å². The number of guanidine groups is 1. The number of benzene rings is 1. The molecule has 0 heterocycles. The Kier molecular flexibility index (Phi) is 8.05. The van der Waals surface area contributed by atoms with E-state index < -0.39 is 24.3 Å². The maximum atomic E-state index is 12.7. The largest absolute Gasteiger partial charge is 0.416 e. The third-order valence-corrected chi connectivity index (χ3v) is 3.20. The van der Waals surface area contributed by atoms with Crippen molar-refractivity contribution in [2.45, 2.75) is 45.1 Å². The first kappa shape index (κ1) is 21.1. The second-order valence-electron chi connectivity index (χ2n) is 5.39. The summed E-state index contributed by atoms with van der Waals surface area (Å²) in [5.41, 5.74) is -0.352. The van der Waals surface area contributed by atoms with E-state index in [2.05, 4.69) is 15.6 Å². The van der Waals surface area contributed by atoms with Gasteiger partial charge >= 0.3 is 12.4 Å². The molecule has 1 rings (SSSR count). The number of halogens is 6. The average molecular weight is 369 g/mol. The molecule has 0 amide bonds. The van der Waals surface area contributed by atoms with Crippen LogP contribution in [0.4, 0.5) is 26.3 Å². The smallest absolute Gasteiger partial charge is 0.357 e. The third kappa shape index (κ3) is 9.21. The van der Waals surface area contributed by atoms with Crippen LogP contribution in [0, 0.1) is 0 Å². The zero-order valence-electron chi connectivity index (χ0n) is 13.8. The zero-order chi connectivity index (χ0) is 18.9. The van der Waals surface area contributed by atoms with Gasteiger partial charge in [0.1, 0.15) is 0 Å². The number of hydrogen-bond donors (Lipinski definition) is 2. The molecule has 0 aliphatic carbocycles. The molecule has 0 aliphatic heterocycles. The minimum Gasteiger partial charge on any atom is -0.357 e. The molecular formula is C16H21F6N3. The zero-order valence-corrected chi connectivity index (χ0v) is 13.8. The summed E-state index contributed by atoms with van der Waals surface area (Å²) in [5, 5.41) is 5.77. The van der Waals surface area contributed by atoms with Crippen molar-refractivity contribution in [3.63, 3.8) is 0 Å². The summed E-state index contributed by atoms with van der Waals surface area (Å²) in [7, 11) is 0. The minimum absolute atomic E-state index is 0.00350. The van der Waals surface area contributed by atoms with Crippen molar-refractivity contribution in [1.82, 2.24) is 10.6 Å². The highest BCUT2D eigenvalue weighted by atomic mass is 19.4. The molecule has 0 spiro atoms. The Labute approximate surface area is 142 Å². The Morgan fingerprint density at radius 2 is 1.76 bits per heavy atom. The Bertz CT molecular complexity index is 552. The molecule has 142 valence electrons. The van der Waals surface area contributed by atoms with Crippen LogP contribution in [0.1, 0.15) is 37.3 Å². The maximum absolute atomic E-state index is 12.7. The summed E-state index contributed by atoms with van der Waals surface area (Å²) in [5.74, 6) is 0.354. The van der Waals surface area contributed by atoms with Crippen molar-refractivity contribution < 1.29 is 26.3 Å². The van der Waals surface area contributed by atoms with Crippen LogP contribution >= 0.6 is 0 Å². The molecule has 0 aliphatic rings. The summed E-state index contributed by atoms with van der Waals surface area (Å²) in [6.45, 7) is 2.66. The molecule has 1 aromatic carbocycles. The maximum Gasteiger partial charge on any atom is 0.416 e. The van der Waals surface area contributed by atoms with Gasteiger partial charge in [-0.15, -0.1) is 0 Å². The SMILES string of the molecule is CCNC(=NCc1cccc(C(F)(F)F)c1)NCCCCC(F)(F)F. The highest BCUT2D eigenvalue weighted by Crippen LogP contribution is 2.29. The van der Waals surface area contributed by atoms with E-state index in [1.165, 1.54) is 12.1 Å². The van der Waals surface area contributed by atoms with Crippen LogP contribution in [0.15, 0.2) is 29.3 Å². The van der Waals surface area contributed by atoms with Gasteiger partial charge in [-0.2, -0.15) is 26.3 Å². The molecule has 0 atom stereocenters. The molecule has 9 heteroatoms. The first-order chi connectivity index (χ1) is 11.6. The van der Waals surface area contributed by atoms with Crippen molar-refractivity contribution in [2.75, 3.05) is 13.1 Å². The molecule has 0 unspecified atom stereocenters. The predicted molar refractivity (Wildman–Crippen MR) is 84.2 cm³/mol. The fourth-order valence-electron chi connectivity index (χ4n) is 2.02. The molecule has 0 saturated heterocycles. The molecule has 2 N–H and O–H groups in total. The van der Waals surface area contributed by atoms with Gasteiger partial charge in [0.25, 0.3) is 0 Å². The fourth-order valence-corrected chi connectivity index (χ4v) is 2.02. The highest BCUT2D eigenvalue weighted by molar-refractivity contribution is 5.79. The molecule has 1 aromatic rings. The Morgan fingerprint density at radius 1 is 1.04 bits per heavy atom. The number of nitrogens with zero attached hydrogens (tertiary/aromatic N) is 1. The molecule has 3 nitrogen and oxygen atoms in total. The van der Waals surface area contributed by atoms with Crippen LogP contribution in [-0.4, -0.2) is 25.2 Å².